The highest BCUT2D eigenvalue weighted by Crippen LogP contribution is 2.53. The van der Waals surface area contributed by atoms with Crippen LogP contribution in [0.25, 0.3) is 31.8 Å². The van der Waals surface area contributed by atoms with Crippen LogP contribution in [0.4, 0.5) is 8.78 Å². The molecule has 1 aliphatic carbocycles. The van der Waals surface area contributed by atoms with E-state index < -0.39 is 35.3 Å². The molecule has 7 heterocycles. The molecule has 6 aromatic rings. The van der Waals surface area contributed by atoms with Gasteiger partial charge in [0.15, 0.2) is 5.75 Å². The third kappa shape index (κ3) is 13.1. The molecule has 0 amide bonds. The fourth-order valence-electron chi connectivity index (χ4n) is 10.5. The van der Waals surface area contributed by atoms with Gasteiger partial charge >= 0.3 is 5.97 Å². The Balaban J connectivity index is 1.00. The number of likely N-dealkylation sites (N-methyl/N-ethyl adjacent to an activating group) is 1. The molecule has 3 fully saturated rings. The van der Waals surface area contributed by atoms with E-state index >= 15 is 4.39 Å². The average molecular weight is 1130 g/mol. The van der Waals surface area contributed by atoms with E-state index in [4.69, 9.17) is 76.0 Å². The van der Waals surface area contributed by atoms with E-state index in [1.54, 1.807) is 51.2 Å². The molecule has 3 aromatic heterocycles. The van der Waals surface area contributed by atoms with Crippen LogP contribution in [0.5, 0.6) is 23.1 Å². The number of thiophene rings is 1. The van der Waals surface area contributed by atoms with E-state index in [1.807, 2.05) is 26.0 Å². The zero-order chi connectivity index (χ0) is 54.7. The van der Waals surface area contributed by atoms with Crippen molar-refractivity contribution in [2.45, 2.75) is 109 Å². The van der Waals surface area contributed by atoms with Crippen LogP contribution in [0, 0.1) is 19.7 Å². The van der Waals surface area contributed by atoms with Gasteiger partial charge in [-0.25, -0.2) is 33.5 Å². The number of carbonyl (C=O) groups excluding carboxylic acids is 1. The second-order valence-electron chi connectivity index (χ2n) is 21.7. The predicted molar refractivity (Wildman–Crippen MR) is 295 cm³/mol. The molecular weight excluding hydrogens is 1070 g/mol. The lowest BCUT2D eigenvalue weighted by Crippen LogP contribution is -2.49. The topological polar surface area (TPSA) is 149 Å². The van der Waals surface area contributed by atoms with Crippen LogP contribution in [0.2, 0.25) is 10.0 Å². The number of ether oxygens (including phenoxy) is 8. The van der Waals surface area contributed by atoms with E-state index in [-0.39, 0.29) is 44.1 Å². The molecule has 4 aliphatic heterocycles. The maximum Gasteiger partial charge on any atom is 0.348 e. The van der Waals surface area contributed by atoms with Crippen molar-refractivity contribution in [2.75, 3.05) is 79.4 Å². The first-order chi connectivity index (χ1) is 37.5. The van der Waals surface area contributed by atoms with Crippen LogP contribution in [-0.4, -0.2) is 145 Å². The van der Waals surface area contributed by atoms with Gasteiger partial charge in [0.1, 0.15) is 71.0 Å². The second kappa shape index (κ2) is 24.2. The normalized spacial score (nSPS) is 22.5. The summed E-state index contributed by atoms with van der Waals surface area (Å²) in [7, 11) is 2.11. The Bertz CT molecular complexity index is 3060. The fourth-order valence-corrected chi connectivity index (χ4v) is 12.1. The van der Waals surface area contributed by atoms with Crippen LogP contribution in [0.15, 0.2) is 61.1 Å². The Hall–Kier alpha value is -5.31. The van der Waals surface area contributed by atoms with E-state index in [0.29, 0.717) is 141 Å². The molecule has 0 unspecified atom stereocenters. The molecule has 3 atom stereocenters. The molecular formula is C58H66Cl2F2N6O9S. The van der Waals surface area contributed by atoms with Crippen LogP contribution in [0.3, 0.4) is 0 Å². The average Bonchev–Trinajstić information content (AvgIpc) is 3.85. The first kappa shape index (κ1) is 56.0. The summed E-state index contributed by atoms with van der Waals surface area (Å²) >= 11 is 16.2. The minimum absolute atomic E-state index is 0.000681. The third-order valence-electron chi connectivity index (χ3n) is 14.7. The number of hydrogen-bond donors (Lipinski definition) is 0. The first-order valence-electron chi connectivity index (χ1n) is 26.6. The van der Waals surface area contributed by atoms with Gasteiger partial charge < -0.3 is 42.8 Å². The lowest BCUT2D eigenvalue weighted by Gasteiger charge is -2.35. The molecule has 4 bridgehead atoms. The van der Waals surface area contributed by atoms with E-state index in [1.165, 1.54) is 29.8 Å². The molecule has 11 rings (SSSR count). The van der Waals surface area contributed by atoms with Gasteiger partial charge in [0.05, 0.1) is 54.2 Å². The van der Waals surface area contributed by atoms with Crippen molar-refractivity contribution in [3.8, 4) is 44.7 Å². The minimum Gasteiger partial charge on any atom is -0.490 e. The van der Waals surface area contributed by atoms with Crippen molar-refractivity contribution in [1.82, 2.24) is 29.7 Å². The van der Waals surface area contributed by atoms with Gasteiger partial charge in [0.25, 0.3) is 0 Å². The number of halogens is 4. The summed E-state index contributed by atoms with van der Waals surface area (Å²) in [6.07, 6.45) is 2.80. The Morgan fingerprint density at radius 3 is 2.38 bits per heavy atom. The van der Waals surface area contributed by atoms with Crippen LogP contribution >= 0.6 is 34.5 Å². The monoisotopic (exact) mass is 1130 g/mol. The predicted octanol–water partition coefficient (Wildman–Crippen LogP) is 11.0. The summed E-state index contributed by atoms with van der Waals surface area (Å²) < 4.78 is 80.6. The molecule has 78 heavy (non-hydrogen) atoms. The lowest BCUT2D eigenvalue weighted by atomic mass is 9.80. The summed E-state index contributed by atoms with van der Waals surface area (Å²) in [5.74, 6) is 0.897. The number of rotatable bonds is 12. The van der Waals surface area contributed by atoms with Crippen LogP contribution < -0.4 is 18.9 Å². The number of aromatic nitrogens is 4. The van der Waals surface area contributed by atoms with Crippen LogP contribution in [-0.2, 0) is 36.8 Å². The number of esters is 1. The molecule has 20 heteroatoms. The zero-order valence-corrected chi connectivity index (χ0v) is 47.2. The van der Waals surface area contributed by atoms with Crippen molar-refractivity contribution in [2.24, 2.45) is 0 Å². The largest absolute Gasteiger partial charge is 0.490 e. The summed E-state index contributed by atoms with van der Waals surface area (Å²) in [5.41, 5.74) is 2.22. The Morgan fingerprint density at radius 1 is 0.910 bits per heavy atom. The van der Waals surface area contributed by atoms with Crippen molar-refractivity contribution in [1.29, 1.82) is 0 Å². The standard InChI is InChI=1S/C58H66Cl2F2N6O9S/c1-34-46-35(2)50(60)51(49(34)59)75-42(27-68-21-19-67(6)20-22-68)31-73-41-11-12-44(74-28-40-15-18-63-53(66-40)37-13-16-58(62,17-14-37)32-71-30-43-29-70-23-24-72-43)38(25-41)26-45(56(69)77-57(3,4)5)76-54-48-47(46)52(78-55(48)65-33-64-54)36-7-9-39(61)10-8-36/h7-12,15,18,25,33,37,42-43,45H,13-14,16-17,19-24,26-32H2,1-6H3/t37?,42-,43+,45-,58?/m1/s1. The Kier molecular flexibility index (Phi) is 17.4. The van der Waals surface area contributed by atoms with Gasteiger partial charge in [-0.2, -0.15) is 0 Å². The Morgan fingerprint density at radius 2 is 1.67 bits per heavy atom. The zero-order valence-electron chi connectivity index (χ0n) is 44.9. The molecule has 0 spiro atoms. The quantitative estimate of drug-likeness (QED) is 0.107. The van der Waals surface area contributed by atoms with Gasteiger partial charge in [0, 0.05) is 67.3 Å². The molecule has 0 radical (unpaired) electrons. The second-order valence-corrected chi connectivity index (χ2v) is 23.5. The molecule has 15 nitrogen and oxygen atoms in total. The highest BCUT2D eigenvalue weighted by atomic mass is 35.5. The maximum atomic E-state index is 16.0. The molecule has 1 saturated carbocycles. The molecule has 416 valence electrons. The maximum absolute atomic E-state index is 16.0. The van der Waals surface area contributed by atoms with Gasteiger partial charge in [-0.05, 0) is 126 Å². The SMILES string of the molecule is Cc1c(Cl)c2c(Cl)c(C)c1-c1c(-c3ccc(F)cc3)sc3ncnc(c13)O[C@@H](C(=O)OC(C)(C)C)Cc1cc(ccc1OCc1ccnc(C3CCC(F)(COC[C@@H]4COCCO4)CC3)n1)OC[C@@H](CN1CCN(C)CC1)O2. The number of piperazine rings is 1. The number of hydrogen-bond acceptors (Lipinski definition) is 16. The smallest absolute Gasteiger partial charge is 0.348 e. The number of benzene rings is 3. The van der Waals surface area contributed by atoms with E-state index in [0.717, 1.165) is 31.1 Å². The van der Waals surface area contributed by atoms with Crippen molar-refractivity contribution in [3.05, 3.63) is 105 Å². The summed E-state index contributed by atoms with van der Waals surface area (Å²) in [4.78, 5) is 39.5. The van der Waals surface area contributed by atoms with Crippen molar-refractivity contribution >= 4 is 50.7 Å². The molecule has 5 aliphatic rings. The minimum atomic E-state index is -1.45. The van der Waals surface area contributed by atoms with Gasteiger partial charge in [-0.3, -0.25) is 4.90 Å². The van der Waals surface area contributed by atoms with Crippen molar-refractivity contribution < 1.29 is 51.5 Å². The lowest BCUT2D eigenvalue weighted by molar-refractivity contribution is -0.163. The Labute approximate surface area is 467 Å². The summed E-state index contributed by atoms with van der Waals surface area (Å²) in [6.45, 7) is 15.1. The van der Waals surface area contributed by atoms with E-state index in [9.17, 15) is 9.18 Å². The first-order valence-corrected chi connectivity index (χ1v) is 28.2. The van der Waals surface area contributed by atoms with Gasteiger partial charge in [-0.1, -0.05) is 35.3 Å². The molecule has 0 N–H and O–H groups in total. The third-order valence-corrected chi connectivity index (χ3v) is 16.7. The molecule has 3 aromatic carbocycles. The number of nitrogens with zero attached hydrogens (tertiary/aromatic N) is 6. The van der Waals surface area contributed by atoms with Gasteiger partial charge in [-0.15, -0.1) is 11.3 Å². The number of alkyl halides is 1. The highest BCUT2D eigenvalue weighted by Gasteiger charge is 2.38. The van der Waals surface area contributed by atoms with Crippen LogP contribution in [0.1, 0.15) is 80.6 Å². The summed E-state index contributed by atoms with van der Waals surface area (Å²) in [6, 6.07) is 13.5. The molecule has 2 saturated heterocycles. The van der Waals surface area contributed by atoms with Gasteiger partial charge in [0.2, 0.25) is 12.0 Å². The van der Waals surface area contributed by atoms with Crippen molar-refractivity contribution in [3.63, 3.8) is 0 Å². The highest BCUT2D eigenvalue weighted by molar-refractivity contribution is 7.22. The van der Waals surface area contributed by atoms with E-state index in [2.05, 4.69) is 21.8 Å². The summed E-state index contributed by atoms with van der Waals surface area (Å²) in [5, 5.41) is 1.11. The number of fused-ring (bicyclic) bond motifs is 7. The number of carbonyl (C=O) groups is 1. The fraction of sp³-hybridized carbons (Fsp3) is 0.500.